The quantitative estimate of drug-likeness (QED) is 0.544. The van der Waals surface area contributed by atoms with Crippen molar-refractivity contribution < 1.29 is 23.9 Å². The smallest absolute Gasteiger partial charge is 0.337 e. The van der Waals surface area contributed by atoms with Gasteiger partial charge in [-0.3, -0.25) is 14.5 Å². The van der Waals surface area contributed by atoms with Crippen LogP contribution in [0.4, 0.5) is 4.79 Å². The number of methoxy groups -OCH3 is 1. The van der Waals surface area contributed by atoms with Crippen molar-refractivity contribution >= 4 is 35.0 Å². The van der Waals surface area contributed by atoms with Crippen LogP contribution in [0.1, 0.15) is 21.5 Å². The Bertz CT molecular complexity index is 919. The molecule has 2 aromatic carbocycles. The van der Waals surface area contributed by atoms with Gasteiger partial charge < -0.3 is 9.47 Å². The van der Waals surface area contributed by atoms with E-state index in [-0.39, 0.29) is 24.3 Å². The molecule has 1 fully saturated rings. The molecule has 1 saturated heterocycles. The van der Waals surface area contributed by atoms with Crippen LogP contribution >= 0.6 is 11.8 Å². The summed E-state index contributed by atoms with van der Waals surface area (Å²) in [6.07, 6.45) is 1.63. The molecule has 144 valence electrons. The number of thioether (sulfide) groups is 1. The number of nitrogens with zero attached hydrogens (tertiary/aromatic N) is 1. The topological polar surface area (TPSA) is 72.9 Å². The Morgan fingerprint density at radius 1 is 1.07 bits per heavy atom. The zero-order chi connectivity index (χ0) is 20.1. The normalized spacial score (nSPS) is 15.2. The molecule has 0 aromatic heterocycles. The molecule has 0 bridgehead atoms. The fraction of sp³-hybridized carbons (Fsp3) is 0.190. The maximum Gasteiger partial charge on any atom is 0.337 e. The van der Waals surface area contributed by atoms with Gasteiger partial charge in [0, 0.05) is 0 Å². The molecule has 0 N–H and O–H groups in total. The minimum Gasteiger partial charge on any atom is -0.492 e. The van der Waals surface area contributed by atoms with Gasteiger partial charge in [-0.15, -0.1) is 0 Å². The summed E-state index contributed by atoms with van der Waals surface area (Å²) in [5.74, 6) is -0.0844. The predicted molar refractivity (Wildman–Crippen MR) is 107 cm³/mol. The Labute approximate surface area is 167 Å². The molecule has 0 spiro atoms. The Kier molecular flexibility index (Phi) is 6.16. The van der Waals surface area contributed by atoms with Gasteiger partial charge in [-0.25, -0.2) is 4.79 Å². The Balaban J connectivity index is 1.61. The largest absolute Gasteiger partial charge is 0.492 e. The molecular formula is C21H19NO5S. The van der Waals surface area contributed by atoms with Gasteiger partial charge in [-0.2, -0.15) is 0 Å². The number of carbonyl (C=O) groups is 3. The molecule has 6 nitrogen and oxygen atoms in total. The van der Waals surface area contributed by atoms with E-state index < -0.39 is 5.97 Å². The van der Waals surface area contributed by atoms with Crippen LogP contribution in [0.25, 0.3) is 6.08 Å². The van der Waals surface area contributed by atoms with E-state index in [1.165, 1.54) is 12.0 Å². The fourth-order valence-corrected chi connectivity index (χ4v) is 3.43. The molecule has 0 radical (unpaired) electrons. The third kappa shape index (κ3) is 4.61. The van der Waals surface area contributed by atoms with E-state index in [9.17, 15) is 14.4 Å². The van der Waals surface area contributed by atoms with Crippen LogP contribution in [-0.2, 0) is 9.53 Å². The first-order chi connectivity index (χ1) is 13.5. The summed E-state index contributed by atoms with van der Waals surface area (Å²) in [5, 5.41) is -0.324. The van der Waals surface area contributed by atoms with Gasteiger partial charge in [0.15, 0.2) is 0 Å². The van der Waals surface area contributed by atoms with Gasteiger partial charge in [0.2, 0.25) is 0 Å². The van der Waals surface area contributed by atoms with Crippen molar-refractivity contribution in [3.63, 3.8) is 0 Å². The highest BCUT2D eigenvalue weighted by molar-refractivity contribution is 8.18. The molecule has 0 unspecified atom stereocenters. The Morgan fingerprint density at radius 3 is 2.39 bits per heavy atom. The number of carbonyl (C=O) groups excluding carboxylic acids is 3. The Morgan fingerprint density at radius 2 is 1.75 bits per heavy atom. The van der Waals surface area contributed by atoms with Gasteiger partial charge in [0.05, 0.1) is 24.1 Å². The molecule has 0 aliphatic carbocycles. The zero-order valence-electron chi connectivity index (χ0n) is 15.5. The number of rotatable bonds is 6. The number of amides is 2. The third-order valence-electron chi connectivity index (χ3n) is 4.11. The van der Waals surface area contributed by atoms with Crippen molar-refractivity contribution in [2.24, 2.45) is 0 Å². The molecule has 0 saturated carbocycles. The van der Waals surface area contributed by atoms with E-state index in [1.807, 2.05) is 31.2 Å². The molecule has 1 aliphatic rings. The predicted octanol–water partition coefficient (Wildman–Crippen LogP) is 3.90. The van der Waals surface area contributed by atoms with Crippen molar-refractivity contribution in [1.29, 1.82) is 0 Å². The summed E-state index contributed by atoms with van der Waals surface area (Å²) >= 11 is 0.891. The molecule has 0 atom stereocenters. The highest BCUT2D eigenvalue weighted by Gasteiger charge is 2.34. The first kappa shape index (κ1) is 19.7. The molecule has 28 heavy (non-hydrogen) atoms. The van der Waals surface area contributed by atoms with Crippen molar-refractivity contribution in [2.75, 3.05) is 20.3 Å². The molecule has 3 rings (SSSR count). The van der Waals surface area contributed by atoms with Crippen molar-refractivity contribution in [3.8, 4) is 5.75 Å². The van der Waals surface area contributed by atoms with Crippen molar-refractivity contribution in [3.05, 3.63) is 70.1 Å². The fourth-order valence-electron chi connectivity index (χ4n) is 2.57. The lowest BCUT2D eigenvalue weighted by Gasteiger charge is -2.13. The molecule has 1 aliphatic heterocycles. The van der Waals surface area contributed by atoms with Gasteiger partial charge >= 0.3 is 5.97 Å². The molecule has 2 aromatic rings. The second-order valence-corrected chi connectivity index (χ2v) is 7.10. The van der Waals surface area contributed by atoms with E-state index in [1.54, 1.807) is 30.3 Å². The molecule has 7 heteroatoms. The van der Waals surface area contributed by atoms with Crippen LogP contribution in [0.5, 0.6) is 5.75 Å². The average molecular weight is 397 g/mol. The molecule has 1 heterocycles. The summed E-state index contributed by atoms with van der Waals surface area (Å²) < 4.78 is 10.3. The number of hydrogen-bond donors (Lipinski definition) is 0. The average Bonchev–Trinajstić information content (AvgIpc) is 2.96. The summed E-state index contributed by atoms with van der Waals surface area (Å²) in [4.78, 5) is 37.7. The first-order valence-corrected chi connectivity index (χ1v) is 9.43. The van der Waals surface area contributed by atoms with E-state index in [0.29, 0.717) is 21.8 Å². The van der Waals surface area contributed by atoms with Crippen LogP contribution in [0.2, 0.25) is 0 Å². The Hall–Kier alpha value is -3.06. The maximum atomic E-state index is 12.5. The van der Waals surface area contributed by atoms with Crippen LogP contribution in [-0.4, -0.2) is 42.3 Å². The summed E-state index contributed by atoms with van der Waals surface area (Å²) in [5.41, 5.74) is 2.26. The van der Waals surface area contributed by atoms with Crippen molar-refractivity contribution in [1.82, 2.24) is 4.90 Å². The number of esters is 1. The highest BCUT2D eigenvalue weighted by Crippen LogP contribution is 2.32. The molecular weight excluding hydrogens is 378 g/mol. The number of hydrogen-bond acceptors (Lipinski definition) is 6. The lowest BCUT2D eigenvalue weighted by Crippen LogP contribution is -2.32. The van der Waals surface area contributed by atoms with E-state index in [4.69, 9.17) is 4.74 Å². The molecule has 2 amide bonds. The summed E-state index contributed by atoms with van der Waals surface area (Å²) in [6.45, 7) is 2.39. The second kappa shape index (κ2) is 8.75. The van der Waals surface area contributed by atoms with Crippen LogP contribution in [0.15, 0.2) is 53.4 Å². The third-order valence-corrected chi connectivity index (χ3v) is 5.02. The first-order valence-electron chi connectivity index (χ1n) is 8.61. The van der Waals surface area contributed by atoms with E-state index in [2.05, 4.69) is 4.74 Å². The lowest BCUT2D eigenvalue weighted by atomic mass is 10.1. The maximum absolute atomic E-state index is 12.5. The highest BCUT2D eigenvalue weighted by atomic mass is 32.2. The summed E-state index contributed by atoms with van der Waals surface area (Å²) in [6, 6.07) is 14.2. The number of imide groups is 1. The lowest BCUT2D eigenvalue weighted by molar-refractivity contribution is -0.123. The zero-order valence-corrected chi connectivity index (χ0v) is 16.3. The standard InChI is InChI=1S/C21H19NO5S/c1-14-3-9-17(10-4-14)27-12-11-22-19(23)18(28-21(22)25)13-15-5-7-16(8-6-15)20(24)26-2/h3-10,13H,11-12H2,1-2H3/b18-13-. The van der Waals surface area contributed by atoms with Crippen LogP contribution in [0, 0.1) is 6.92 Å². The minimum atomic E-state index is -0.430. The SMILES string of the molecule is COC(=O)c1ccc(/C=C2\SC(=O)N(CCOc3ccc(C)cc3)C2=O)cc1. The van der Waals surface area contributed by atoms with Gasteiger partial charge in [0.25, 0.3) is 11.1 Å². The van der Waals surface area contributed by atoms with E-state index in [0.717, 1.165) is 17.3 Å². The van der Waals surface area contributed by atoms with Gasteiger partial charge in [-0.1, -0.05) is 29.8 Å². The van der Waals surface area contributed by atoms with Gasteiger partial charge in [0.1, 0.15) is 12.4 Å². The van der Waals surface area contributed by atoms with Crippen LogP contribution < -0.4 is 4.74 Å². The van der Waals surface area contributed by atoms with Crippen molar-refractivity contribution in [2.45, 2.75) is 6.92 Å². The summed E-state index contributed by atoms with van der Waals surface area (Å²) in [7, 11) is 1.31. The monoisotopic (exact) mass is 397 g/mol. The van der Waals surface area contributed by atoms with Gasteiger partial charge in [-0.05, 0) is 54.6 Å². The number of benzene rings is 2. The number of ether oxygens (including phenoxy) is 2. The van der Waals surface area contributed by atoms with Crippen LogP contribution in [0.3, 0.4) is 0 Å². The number of aryl methyl sites for hydroxylation is 1. The second-order valence-electron chi connectivity index (χ2n) is 6.11. The van der Waals surface area contributed by atoms with E-state index >= 15 is 0 Å². The minimum absolute atomic E-state index is 0.178.